The Bertz CT molecular complexity index is 702. The molecule has 0 amide bonds. The molecule has 112 valence electrons. The smallest absolute Gasteiger partial charge is 0.233 e. The molecule has 0 spiro atoms. The van der Waals surface area contributed by atoms with Crippen molar-refractivity contribution in [1.82, 2.24) is 4.98 Å². The molecule has 1 aromatic carbocycles. The average molecular weight is 326 g/mol. The highest BCUT2D eigenvalue weighted by atomic mass is 35.5. The molecule has 0 saturated heterocycles. The summed E-state index contributed by atoms with van der Waals surface area (Å²) in [6.45, 7) is 2.14. The van der Waals surface area contributed by atoms with Crippen molar-refractivity contribution in [3.05, 3.63) is 53.2 Å². The fourth-order valence-electron chi connectivity index (χ4n) is 1.63. The van der Waals surface area contributed by atoms with E-state index in [2.05, 4.69) is 15.0 Å². The number of nitrogens with one attached hydrogen (secondary N) is 2. The van der Waals surface area contributed by atoms with Crippen molar-refractivity contribution in [2.45, 2.75) is 13.5 Å². The van der Waals surface area contributed by atoms with E-state index in [1.807, 2.05) is 24.3 Å². The topological polar surface area (TPSA) is 71.1 Å². The lowest BCUT2D eigenvalue weighted by Gasteiger charge is -2.09. The molecule has 0 saturated carbocycles. The minimum Gasteiger partial charge on any atom is -0.380 e. The maximum Gasteiger partial charge on any atom is 0.233 e. The van der Waals surface area contributed by atoms with Crippen LogP contribution in [0, 0.1) is 0 Å². The van der Waals surface area contributed by atoms with E-state index in [0.29, 0.717) is 17.4 Å². The quantitative estimate of drug-likeness (QED) is 0.856. The lowest BCUT2D eigenvalue weighted by Crippen LogP contribution is -2.15. The van der Waals surface area contributed by atoms with E-state index in [0.717, 1.165) is 11.3 Å². The zero-order valence-electron chi connectivity index (χ0n) is 11.5. The summed E-state index contributed by atoms with van der Waals surface area (Å²) in [7, 11) is -3.30. The molecule has 0 fully saturated rings. The first-order chi connectivity index (χ1) is 10.00. The van der Waals surface area contributed by atoms with E-state index in [1.54, 1.807) is 25.3 Å². The highest BCUT2D eigenvalue weighted by Crippen LogP contribution is 2.17. The van der Waals surface area contributed by atoms with Crippen LogP contribution in [0.1, 0.15) is 12.5 Å². The third kappa shape index (κ3) is 4.61. The van der Waals surface area contributed by atoms with Gasteiger partial charge >= 0.3 is 0 Å². The Labute approximate surface area is 129 Å². The first kappa shape index (κ1) is 15.6. The fraction of sp³-hybridized carbons (Fsp3) is 0.214. The second-order valence-electron chi connectivity index (χ2n) is 4.38. The van der Waals surface area contributed by atoms with Gasteiger partial charge in [-0.3, -0.25) is 4.72 Å². The zero-order chi connectivity index (χ0) is 15.3. The lowest BCUT2D eigenvalue weighted by molar-refractivity contribution is 0.602. The van der Waals surface area contributed by atoms with Gasteiger partial charge in [0.15, 0.2) is 0 Å². The molecule has 1 heterocycles. The third-order valence-electron chi connectivity index (χ3n) is 2.84. The fourth-order valence-corrected chi connectivity index (χ4v) is 2.42. The molecule has 7 heteroatoms. The number of hydrogen-bond donors (Lipinski definition) is 2. The number of pyridine rings is 1. The molecular weight excluding hydrogens is 310 g/mol. The number of benzene rings is 1. The molecule has 0 radical (unpaired) electrons. The van der Waals surface area contributed by atoms with E-state index in [1.165, 1.54) is 0 Å². The maximum absolute atomic E-state index is 11.4. The summed E-state index contributed by atoms with van der Waals surface area (Å²) in [4.78, 5) is 4.06. The second kappa shape index (κ2) is 6.78. The summed E-state index contributed by atoms with van der Waals surface area (Å²) in [5, 5.41) is 3.88. The monoisotopic (exact) mass is 325 g/mol. The van der Waals surface area contributed by atoms with Gasteiger partial charge in [-0.1, -0.05) is 29.8 Å². The molecule has 0 bridgehead atoms. The van der Waals surface area contributed by atoms with Crippen molar-refractivity contribution >= 4 is 33.1 Å². The van der Waals surface area contributed by atoms with Crippen LogP contribution in [0.3, 0.4) is 0 Å². The zero-order valence-corrected chi connectivity index (χ0v) is 13.1. The highest BCUT2D eigenvalue weighted by molar-refractivity contribution is 7.92. The van der Waals surface area contributed by atoms with Crippen molar-refractivity contribution in [2.75, 3.05) is 15.8 Å². The van der Waals surface area contributed by atoms with Crippen LogP contribution < -0.4 is 10.0 Å². The summed E-state index contributed by atoms with van der Waals surface area (Å²) in [5.41, 5.74) is 1.77. The Morgan fingerprint density at radius 1 is 1.19 bits per heavy atom. The Morgan fingerprint density at radius 2 is 1.95 bits per heavy atom. The third-order valence-corrected chi connectivity index (χ3v) is 4.49. The Morgan fingerprint density at radius 3 is 2.57 bits per heavy atom. The highest BCUT2D eigenvalue weighted by Gasteiger charge is 2.07. The van der Waals surface area contributed by atoms with Crippen LogP contribution in [-0.2, 0) is 16.6 Å². The SMILES string of the molecule is CCS(=O)(=O)Nc1ccc(NCc2ccccc2Cl)cn1. The molecule has 0 aliphatic heterocycles. The van der Waals surface area contributed by atoms with Gasteiger partial charge in [0.05, 0.1) is 17.6 Å². The number of rotatable bonds is 6. The van der Waals surface area contributed by atoms with Crippen LogP contribution in [0.2, 0.25) is 5.02 Å². The number of aromatic nitrogens is 1. The molecule has 0 atom stereocenters. The number of anilines is 2. The van der Waals surface area contributed by atoms with Gasteiger partial charge in [-0.15, -0.1) is 0 Å². The molecule has 0 aliphatic carbocycles. The standard InChI is InChI=1S/C14H16ClN3O2S/c1-2-21(19,20)18-14-8-7-12(10-17-14)16-9-11-5-3-4-6-13(11)15/h3-8,10,16H,2,9H2,1H3,(H,17,18). The van der Waals surface area contributed by atoms with Gasteiger partial charge in [-0.05, 0) is 30.7 Å². The molecule has 21 heavy (non-hydrogen) atoms. The molecule has 1 aromatic heterocycles. The van der Waals surface area contributed by atoms with E-state index in [-0.39, 0.29) is 5.75 Å². The first-order valence-electron chi connectivity index (χ1n) is 6.44. The number of halogens is 1. The molecule has 2 N–H and O–H groups in total. The van der Waals surface area contributed by atoms with Gasteiger partial charge in [-0.25, -0.2) is 13.4 Å². The van der Waals surface area contributed by atoms with E-state index >= 15 is 0 Å². The number of hydrogen-bond acceptors (Lipinski definition) is 4. The van der Waals surface area contributed by atoms with Gasteiger partial charge < -0.3 is 5.32 Å². The van der Waals surface area contributed by atoms with Crippen molar-refractivity contribution in [1.29, 1.82) is 0 Å². The molecular formula is C14H16ClN3O2S. The molecule has 0 aliphatic rings. The second-order valence-corrected chi connectivity index (χ2v) is 6.80. The van der Waals surface area contributed by atoms with Crippen molar-refractivity contribution in [2.24, 2.45) is 0 Å². The molecule has 5 nitrogen and oxygen atoms in total. The predicted molar refractivity (Wildman–Crippen MR) is 86.1 cm³/mol. The van der Waals surface area contributed by atoms with E-state index in [9.17, 15) is 8.42 Å². The maximum atomic E-state index is 11.4. The summed E-state index contributed by atoms with van der Waals surface area (Å²) in [6, 6.07) is 10.9. The largest absolute Gasteiger partial charge is 0.380 e. The van der Waals surface area contributed by atoms with Crippen LogP contribution in [0.15, 0.2) is 42.6 Å². The first-order valence-corrected chi connectivity index (χ1v) is 8.47. The summed E-state index contributed by atoms with van der Waals surface area (Å²) in [5.74, 6) is 0.321. The molecule has 2 rings (SSSR count). The van der Waals surface area contributed by atoms with Crippen LogP contribution in [0.4, 0.5) is 11.5 Å². The van der Waals surface area contributed by atoms with Crippen LogP contribution >= 0.6 is 11.6 Å². The van der Waals surface area contributed by atoms with Gasteiger partial charge in [0.2, 0.25) is 10.0 Å². The minimum absolute atomic E-state index is 0.0151. The summed E-state index contributed by atoms with van der Waals surface area (Å²) >= 11 is 6.07. The van der Waals surface area contributed by atoms with Crippen molar-refractivity contribution in [3.63, 3.8) is 0 Å². The lowest BCUT2D eigenvalue weighted by atomic mass is 10.2. The minimum atomic E-state index is -3.30. The van der Waals surface area contributed by atoms with E-state index in [4.69, 9.17) is 11.6 Å². The van der Waals surface area contributed by atoms with Gasteiger partial charge in [0.1, 0.15) is 5.82 Å². The summed E-state index contributed by atoms with van der Waals surface area (Å²) < 4.78 is 25.2. The Hall–Kier alpha value is -1.79. The van der Waals surface area contributed by atoms with Gasteiger partial charge in [0.25, 0.3) is 0 Å². The average Bonchev–Trinajstić information content (AvgIpc) is 2.48. The van der Waals surface area contributed by atoms with Gasteiger partial charge in [-0.2, -0.15) is 0 Å². The van der Waals surface area contributed by atoms with Crippen LogP contribution in [0.25, 0.3) is 0 Å². The van der Waals surface area contributed by atoms with E-state index < -0.39 is 10.0 Å². The summed E-state index contributed by atoms with van der Waals surface area (Å²) in [6.07, 6.45) is 1.57. The van der Waals surface area contributed by atoms with Gasteiger partial charge in [0, 0.05) is 11.6 Å². The van der Waals surface area contributed by atoms with Crippen LogP contribution in [0.5, 0.6) is 0 Å². The van der Waals surface area contributed by atoms with Crippen molar-refractivity contribution < 1.29 is 8.42 Å². The normalized spacial score (nSPS) is 11.1. The molecule has 0 unspecified atom stereocenters. The predicted octanol–water partition coefficient (Wildman–Crippen LogP) is 3.11. The number of sulfonamides is 1. The number of nitrogens with zero attached hydrogens (tertiary/aromatic N) is 1. The molecule has 2 aromatic rings. The van der Waals surface area contributed by atoms with Crippen LogP contribution in [-0.4, -0.2) is 19.2 Å². The van der Waals surface area contributed by atoms with Crippen molar-refractivity contribution in [3.8, 4) is 0 Å². The Kier molecular flexibility index (Phi) is 5.03. The Balaban J connectivity index is 1.98.